The van der Waals surface area contributed by atoms with E-state index in [0.29, 0.717) is 37.0 Å². The summed E-state index contributed by atoms with van der Waals surface area (Å²) in [7, 11) is -8.94. The summed E-state index contributed by atoms with van der Waals surface area (Å²) in [6, 6.07) is 0. The number of rotatable bonds is 9. The van der Waals surface area contributed by atoms with Crippen LogP contribution in [0.1, 0.15) is 62.3 Å². The molecule has 0 aromatic rings. The maximum absolute atomic E-state index is 10.8. The number of hydrogen-bond donors (Lipinski definition) is 0. The first-order chi connectivity index (χ1) is 11.9. The van der Waals surface area contributed by atoms with E-state index in [1.165, 1.54) is 0 Å². The molecule has 0 saturated heterocycles. The molecule has 0 saturated carbocycles. The normalized spacial score (nSPS) is 17.2. The van der Waals surface area contributed by atoms with Gasteiger partial charge in [0.05, 0.1) is 0 Å². The summed E-state index contributed by atoms with van der Waals surface area (Å²) in [5.41, 5.74) is 0. The molecule has 3 atom stereocenters. The van der Waals surface area contributed by atoms with Gasteiger partial charge in [-0.25, -0.2) is 0 Å². The van der Waals surface area contributed by atoms with Crippen molar-refractivity contribution in [3.05, 3.63) is 0 Å². The minimum Gasteiger partial charge on any atom is -0.799 e. The van der Waals surface area contributed by atoms with Crippen LogP contribution in [0, 0.1) is 17.8 Å². The third kappa shape index (κ3) is 29.3. The zero-order valence-electron chi connectivity index (χ0n) is 19.3. The Morgan fingerprint density at radius 2 is 0.679 bits per heavy atom. The molecule has 0 aromatic heterocycles. The zero-order chi connectivity index (χ0) is 22.5. The molecule has 0 bridgehead atoms. The molecule has 0 aliphatic heterocycles. The van der Waals surface area contributed by atoms with Gasteiger partial charge in [0.15, 0.2) is 0 Å². The summed E-state index contributed by atoms with van der Waals surface area (Å²) in [5.74, 6) is 0.815. The molecule has 0 fully saturated rings. The SMILES string of the molecule is CCP(=O)([O-])CC(C)C.CCP(=O)([O-])CC(C)C.CCP(=O)([O-])CC(C)C.[Al+3]. The third-order valence-electron chi connectivity index (χ3n) is 3.38. The number of hydrogen-bond acceptors (Lipinski definition) is 6. The van der Waals surface area contributed by atoms with Gasteiger partial charge < -0.3 is 28.4 Å². The topological polar surface area (TPSA) is 120 Å². The Labute approximate surface area is 184 Å². The predicted molar refractivity (Wildman–Crippen MR) is 119 cm³/mol. The van der Waals surface area contributed by atoms with E-state index < -0.39 is 22.1 Å². The van der Waals surface area contributed by atoms with E-state index in [1.807, 2.05) is 41.5 Å². The molecule has 0 radical (unpaired) electrons. The van der Waals surface area contributed by atoms with Gasteiger partial charge in [0.1, 0.15) is 0 Å². The summed E-state index contributed by atoms with van der Waals surface area (Å²) in [5, 5.41) is 0. The molecule has 10 heteroatoms. The van der Waals surface area contributed by atoms with E-state index in [4.69, 9.17) is 0 Å². The average molecular weight is 474 g/mol. The monoisotopic (exact) mass is 474 g/mol. The van der Waals surface area contributed by atoms with Crippen molar-refractivity contribution < 1.29 is 28.4 Å². The van der Waals surface area contributed by atoms with Crippen LogP contribution in [0.15, 0.2) is 0 Å². The zero-order valence-corrected chi connectivity index (χ0v) is 23.2. The fourth-order valence-electron chi connectivity index (χ4n) is 2.06. The van der Waals surface area contributed by atoms with E-state index in [2.05, 4.69) is 0 Å². The minimum absolute atomic E-state index is 0. The molecule has 3 unspecified atom stereocenters. The second-order valence-corrected chi connectivity index (χ2v) is 16.0. The Kier molecular flexibility index (Phi) is 23.1. The molecule has 0 amide bonds. The van der Waals surface area contributed by atoms with Gasteiger partial charge in [-0.1, -0.05) is 62.3 Å². The van der Waals surface area contributed by atoms with Crippen molar-refractivity contribution in [1.82, 2.24) is 0 Å². The third-order valence-corrected chi connectivity index (χ3v) is 10.1. The summed E-state index contributed by atoms with van der Waals surface area (Å²) in [6.07, 6.45) is 1.94. The maximum atomic E-state index is 10.8. The molecule has 0 heterocycles. The molecule has 0 N–H and O–H groups in total. The van der Waals surface area contributed by atoms with Crippen LogP contribution < -0.4 is 14.7 Å². The van der Waals surface area contributed by atoms with Gasteiger partial charge in [0, 0.05) is 22.1 Å². The maximum Gasteiger partial charge on any atom is 3.00 e. The molecule has 0 rings (SSSR count). The van der Waals surface area contributed by atoms with Crippen LogP contribution in [0.4, 0.5) is 0 Å². The first kappa shape index (κ1) is 36.5. The molecule has 0 spiro atoms. The second kappa shape index (κ2) is 17.7. The van der Waals surface area contributed by atoms with Crippen LogP contribution in [0.25, 0.3) is 0 Å². The van der Waals surface area contributed by atoms with Crippen molar-refractivity contribution in [1.29, 1.82) is 0 Å². The largest absolute Gasteiger partial charge is 3.00 e. The minimum atomic E-state index is -2.98. The molecule has 168 valence electrons. The van der Waals surface area contributed by atoms with E-state index in [1.54, 1.807) is 20.8 Å². The van der Waals surface area contributed by atoms with E-state index >= 15 is 0 Å². The summed E-state index contributed by atoms with van der Waals surface area (Å²) >= 11 is 0. The summed E-state index contributed by atoms with van der Waals surface area (Å²) in [4.78, 5) is 32.5. The Bertz CT molecular complexity index is 438. The van der Waals surface area contributed by atoms with Crippen molar-refractivity contribution in [2.45, 2.75) is 62.3 Å². The Morgan fingerprint density at radius 3 is 0.714 bits per heavy atom. The van der Waals surface area contributed by atoms with Gasteiger partial charge in [-0.3, -0.25) is 0 Å². The van der Waals surface area contributed by atoms with Crippen molar-refractivity contribution in [3.8, 4) is 0 Å². The Hall–Kier alpha value is 1.10. The van der Waals surface area contributed by atoms with Crippen LogP contribution in [0.3, 0.4) is 0 Å². The van der Waals surface area contributed by atoms with Gasteiger partial charge in [0.2, 0.25) is 0 Å². The van der Waals surface area contributed by atoms with E-state index in [0.717, 1.165) is 0 Å². The molecule has 0 aliphatic carbocycles. The van der Waals surface area contributed by atoms with Crippen molar-refractivity contribution in [2.75, 3.05) is 37.0 Å². The van der Waals surface area contributed by atoms with Gasteiger partial charge in [-0.05, 0) is 54.7 Å². The van der Waals surface area contributed by atoms with E-state index in [-0.39, 0.29) is 35.1 Å². The van der Waals surface area contributed by atoms with Crippen LogP contribution in [0.5, 0.6) is 0 Å². The predicted octanol–water partition coefficient (Wildman–Crippen LogP) is 3.52. The molecule has 0 aromatic carbocycles. The fourth-order valence-corrected chi connectivity index (χ4v) is 6.17. The van der Waals surface area contributed by atoms with Crippen molar-refractivity contribution >= 4 is 39.5 Å². The molecule has 28 heavy (non-hydrogen) atoms. The first-order valence-electron chi connectivity index (χ1n) is 9.80. The van der Waals surface area contributed by atoms with Gasteiger partial charge in [0.25, 0.3) is 0 Å². The van der Waals surface area contributed by atoms with Gasteiger partial charge in [-0.15, -0.1) is 0 Å². The molecular formula is C18H42AlO6P3. The molecular weight excluding hydrogens is 432 g/mol. The van der Waals surface area contributed by atoms with Crippen molar-refractivity contribution in [2.24, 2.45) is 17.8 Å². The molecule has 0 aliphatic rings. The average Bonchev–Trinajstić information content (AvgIpc) is 2.45. The quantitative estimate of drug-likeness (QED) is 0.372. The van der Waals surface area contributed by atoms with Crippen LogP contribution in [0.2, 0.25) is 0 Å². The van der Waals surface area contributed by atoms with Crippen LogP contribution >= 0.6 is 22.1 Å². The van der Waals surface area contributed by atoms with Crippen LogP contribution in [-0.4, -0.2) is 54.3 Å². The van der Waals surface area contributed by atoms with E-state index in [9.17, 15) is 28.4 Å². The molecule has 6 nitrogen and oxygen atoms in total. The summed E-state index contributed by atoms with van der Waals surface area (Å²) < 4.78 is 32.5. The van der Waals surface area contributed by atoms with Gasteiger partial charge >= 0.3 is 17.4 Å². The summed E-state index contributed by atoms with van der Waals surface area (Å²) in [6.45, 7) is 16.6. The Balaban J connectivity index is -0.000000152. The standard InChI is InChI=1S/3C6H15O2P.Al/c3*1-4-9(7,8)5-6(2)3;/h3*6H,4-5H2,1-3H3,(H,7,8);/q;;;+3/p-3. The Morgan fingerprint density at radius 1 is 0.536 bits per heavy atom. The first-order valence-corrected chi connectivity index (χ1v) is 15.8. The van der Waals surface area contributed by atoms with Crippen LogP contribution in [-0.2, 0) is 13.7 Å². The fraction of sp³-hybridized carbons (Fsp3) is 1.00. The van der Waals surface area contributed by atoms with Crippen molar-refractivity contribution in [3.63, 3.8) is 0 Å². The second-order valence-electron chi connectivity index (χ2n) is 8.12. The smallest absolute Gasteiger partial charge is 0.799 e. The van der Waals surface area contributed by atoms with Gasteiger partial charge in [-0.2, -0.15) is 0 Å².